The summed E-state index contributed by atoms with van der Waals surface area (Å²) in [4.78, 5) is 21.8. The smallest absolute Gasteiger partial charge is 0.330 e. The molecule has 1 saturated carbocycles. The number of unbranched alkanes of at least 4 members (excludes halogenated alkanes) is 8. The van der Waals surface area contributed by atoms with E-state index in [0.717, 1.165) is 51.6 Å². The van der Waals surface area contributed by atoms with Crippen molar-refractivity contribution >= 4 is 11.9 Å². The van der Waals surface area contributed by atoms with Crippen LogP contribution in [0.2, 0.25) is 0 Å². The molecule has 150 valence electrons. The molecule has 0 atom stereocenters. The number of hydrogen-bond acceptors (Lipinski definition) is 4. The Labute approximate surface area is 158 Å². The molecule has 1 fully saturated rings. The van der Waals surface area contributed by atoms with Gasteiger partial charge in [-0.15, -0.1) is 0 Å². The first-order chi connectivity index (χ1) is 12.6. The molecule has 0 heterocycles. The van der Waals surface area contributed by atoms with E-state index in [1.165, 1.54) is 44.6 Å². The molecule has 0 aromatic heterocycles. The molecule has 5 heteroatoms. The molecule has 0 aromatic carbocycles. The number of hydrogen-bond donors (Lipinski definition) is 1. The van der Waals surface area contributed by atoms with Gasteiger partial charge in [0.1, 0.15) is 0 Å². The van der Waals surface area contributed by atoms with E-state index >= 15 is 0 Å². The van der Waals surface area contributed by atoms with Crippen molar-refractivity contribution in [3.63, 3.8) is 0 Å². The van der Waals surface area contributed by atoms with Gasteiger partial charge in [0.15, 0.2) is 0 Å². The maximum absolute atomic E-state index is 10.9. The fraction of sp³-hybridized carbons (Fsp3) is 0.810. The van der Waals surface area contributed by atoms with E-state index in [1.807, 2.05) is 0 Å². The van der Waals surface area contributed by atoms with Crippen LogP contribution >= 0.6 is 0 Å². The summed E-state index contributed by atoms with van der Waals surface area (Å²) in [6.45, 7) is 4.68. The number of carbonyl (C=O) groups excluding carboxylic acids is 1. The molecule has 1 N–H and O–H groups in total. The first-order valence-corrected chi connectivity index (χ1v) is 10.3. The average Bonchev–Trinajstić information content (AvgIpc) is 2.65. The Bertz CT molecular complexity index is 399. The van der Waals surface area contributed by atoms with Crippen LogP contribution in [0.3, 0.4) is 0 Å². The molecule has 26 heavy (non-hydrogen) atoms. The number of rotatable bonds is 15. The Kier molecular flexibility index (Phi) is 12.9. The maximum Gasteiger partial charge on any atom is 0.330 e. The SMILES string of the molecule is C=CC(=O)OCCCCCCCCCCCO[C@H]1CC[C@H](C(=O)O)CC1. The van der Waals surface area contributed by atoms with E-state index in [9.17, 15) is 9.59 Å². The summed E-state index contributed by atoms with van der Waals surface area (Å²) in [5.74, 6) is -1.14. The van der Waals surface area contributed by atoms with Gasteiger partial charge < -0.3 is 14.6 Å². The zero-order valence-electron chi connectivity index (χ0n) is 16.1. The van der Waals surface area contributed by atoms with Crippen molar-refractivity contribution < 1.29 is 24.2 Å². The monoisotopic (exact) mass is 368 g/mol. The molecule has 0 radical (unpaired) electrons. The zero-order chi connectivity index (χ0) is 19.0. The lowest BCUT2D eigenvalue weighted by molar-refractivity contribution is -0.144. The van der Waals surface area contributed by atoms with Crippen molar-refractivity contribution in [3.05, 3.63) is 12.7 Å². The molecular weight excluding hydrogens is 332 g/mol. The van der Waals surface area contributed by atoms with E-state index in [2.05, 4.69) is 6.58 Å². The average molecular weight is 369 g/mol. The van der Waals surface area contributed by atoms with Crippen molar-refractivity contribution in [2.75, 3.05) is 13.2 Å². The van der Waals surface area contributed by atoms with Crippen molar-refractivity contribution in [1.82, 2.24) is 0 Å². The molecule has 0 saturated heterocycles. The Balaban J connectivity index is 1.78. The summed E-state index contributed by atoms with van der Waals surface area (Å²) in [6.07, 6.45) is 15.4. The summed E-state index contributed by atoms with van der Waals surface area (Å²) in [7, 11) is 0. The quantitative estimate of drug-likeness (QED) is 0.253. The van der Waals surface area contributed by atoms with Crippen LogP contribution in [0, 0.1) is 5.92 Å². The molecular formula is C21H36O5. The van der Waals surface area contributed by atoms with Crippen LogP contribution in [0.1, 0.15) is 83.5 Å². The van der Waals surface area contributed by atoms with Crippen molar-refractivity contribution in [2.24, 2.45) is 5.92 Å². The van der Waals surface area contributed by atoms with Gasteiger partial charge in [0.25, 0.3) is 0 Å². The van der Waals surface area contributed by atoms with Crippen LogP contribution < -0.4 is 0 Å². The molecule has 0 aliphatic heterocycles. The molecule has 1 aliphatic carbocycles. The van der Waals surface area contributed by atoms with Crippen LogP contribution in [-0.4, -0.2) is 36.4 Å². The van der Waals surface area contributed by atoms with Crippen molar-refractivity contribution in [1.29, 1.82) is 0 Å². The number of esters is 1. The third-order valence-electron chi connectivity index (χ3n) is 5.08. The van der Waals surface area contributed by atoms with Gasteiger partial charge in [-0.3, -0.25) is 4.79 Å². The van der Waals surface area contributed by atoms with E-state index in [1.54, 1.807) is 0 Å². The van der Waals surface area contributed by atoms with Gasteiger partial charge in [-0.2, -0.15) is 0 Å². The Morgan fingerprint density at radius 1 is 0.846 bits per heavy atom. The largest absolute Gasteiger partial charge is 0.481 e. The molecule has 1 aliphatic rings. The van der Waals surface area contributed by atoms with Gasteiger partial charge in [0.2, 0.25) is 0 Å². The normalized spacial score (nSPS) is 19.8. The predicted molar refractivity (Wildman–Crippen MR) is 102 cm³/mol. The highest BCUT2D eigenvalue weighted by molar-refractivity contribution is 5.81. The minimum atomic E-state index is -0.653. The molecule has 0 aromatic rings. The summed E-state index contributed by atoms with van der Waals surface area (Å²) in [5, 5.41) is 8.98. The molecule has 0 unspecified atom stereocenters. The van der Waals surface area contributed by atoms with Gasteiger partial charge in [0.05, 0.1) is 18.6 Å². The van der Waals surface area contributed by atoms with Crippen LogP contribution in [0.25, 0.3) is 0 Å². The first-order valence-electron chi connectivity index (χ1n) is 10.3. The van der Waals surface area contributed by atoms with E-state index in [-0.39, 0.29) is 18.0 Å². The maximum atomic E-state index is 10.9. The van der Waals surface area contributed by atoms with E-state index < -0.39 is 5.97 Å². The number of carboxylic acids is 1. The lowest BCUT2D eigenvalue weighted by Gasteiger charge is -2.26. The zero-order valence-corrected chi connectivity index (χ0v) is 16.1. The Hall–Kier alpha value is -1.36. The Morgan fingerprint density at radius 2 is 1.35 bits per heavy atom. The lowest BCUT2D eigenvalue weighted by atomic mass is 9.87. The molecule has 0 amide bonds. The first kappa shape index (κ1) is 22.7. The van der Waals surface area contributed by atoms with Gasteiger partial charge in [-0.1, -0.05) is 51.5 Å². The van der Waals surface area contributed by atoms with Crippen LogP contribution in [0.15, 0.2) is 12.7 Å². The number of ether oxygens (including phenoxy) is 2. The fourth-order valence-corrected chi connectivity index (χ4v) is 3.40. The fourth-order valence-electron chi connectivity index (χ4n) is 3.40. The third-order valence-corrected chi connectivity index (χ3v) is 5.08. The van der Waals surface area contributed by atoms with E-state index in [0.29, 0.717) is 6.61 Å². The molecule has 1 rings (SSSR count). The van der Waals surface area contributed by atoms with Gasteiger partial charge in [0, 0.05) is 12.7 Å². The minimum Gasteiger partial charge on any atom is -0.481 e. The number of carboxylic acid groups (broad SMARTS) is 1. The second kappa shape index (κ2) is 14.8. The van der Waals surface area contributed by atoms with Crippen molar-refractivity contribution in [3.8, 4) is 0 Å². The second-order valence-electron chi connectivity index (χ2n) is 7.24. The van der Waals surface area contributed by atoms with Crippen molar-refractivity contribution in [2.45, 2.75) is 89.6 Å². The standard InChI is InChI=1S/C21H36O5/c1-2-20(22)26-17-11-9-7-5-3-4-6-8-10-16-25-19-14-12-18(13-15-19)21(23)24/h2,18-19H,1,3-17H2,(H,23,24)/t18-,19-. The highest BCUT2D eigenvalue weighted by Crippen LogP contribution is 2.26. The highest BCUT2D eigenvalue weighted by atomic mass is 16.5. The van der Waals surface area contributed by atoms with Crippen LogP contribution in [-0.2, 0) is 19.1 Å². The van der Waals surface area contributed by atoms with Gasteiger partial charge >= 0.3 is 11.9 Å². The minimum absolute atomic E-state index is 0.156. The Morgan fingerprint density at radius 3 is 1.85 bits per heavy atom. The van der Waals surface area contributed by atoms with Gasteiger partial charge in [-0.25, -0.2) is 4.79 Å². The van der Waals surface area contributed by atoms with Gasteiger partial charge in [-0.05, 0) is 38.5 Å². The van der Waals surface area contributed by atoms with Crippen LogP contribution in [0.5, 0.6) is 0 Å². The predicted octanol–water partition coefficient (Wildman–Crippen LogP) is 4.89. The summed E-state index contributed by atoms with van der Waals surface area (Å²) < 4.78 is 10.8. The summed E-state index contributed by atoms with van der Waals surface area (Å²) in [5.41, 5.74) is 0. The highest BCUT2D eigenvalue weighted by Gasteiger charge is 2.25. The summed E-state index contributed by atoms with van der Waals surface area (Å²) in [6, 6.07) is 0. The molecule has 5 nitrogen and oxygen atoms in total. The topological polar surface area (TPSA) is 72.8 Å². The molecule has 0 spiro atoms. The van der Waals surface area contributed by atoms with Crippen LogP contribution in [0.4, 0.5) is 0 Å². The lowest BCUT2D eigenvalue weighted by Crippen LogP contribution is -2.26. The third kappa shape index (κ3) is 11.3. The summed E-state index contributed by atoms with van der Waals surface area (Å²) >= 11 is 0. The molecule has 0 bridgehead atoms. The number of carbonyl (C=O) groups is 2. The van der Waals surface area contributed by atoms with E-state index in [4.69, 9.17) is 14.6 Å². The number of aliphatic carboxylic acids is 1. The second-order valence-corrected chi connectivity index (χ2v) is 7.24.